The molecule has 222 valence electrons. The van der Waals surface area contributed by atoms with Crippen molar-refractivity contribution in [1.29, 1.82) is 0 Å². The molecule has 10 nitrogen and oxygen atoms in total. The highest BCUT2D eigenvalue weighted by atomic mass is 32.2. The maximum Gasteiger partial charge on any atom is 0.219 e. The second-order valence-corrected chi connectivity index (χ2v) is 11.8. The number of pyridine rings is 1. The molecule has 3 aromatic heterocycles. The van der Waals surface area contributed by atoms with Gasteiger partial charge in [-0.05, 0) is 68.1 Å². The number of nitrogen functional groups attached to an aromatic ring is 1. The summed E-state index contributed by atoms with van der Waals surface area (Å²) in [6, 6.07) is 10.4. The first-order valence-electron chi connectivity index (χ1n) is 13.5. The first-order chi connectivity index (χ1) is 20.7. The van der Waals surface area contributed by atoms with E-state index < -0.39 is 28.4 Å². The molecule has 5 aromatic rings. The van der Waals surface area contributed by atoms with Crippen LogP contribution in [-0.2, 0) is 15.7 Å². The molecule has 0 saturated carbocycles. The van der Waals surface area contributed by atoms with E-state index in [1.165, 1.54) is 29.2 Å². The van der Waals surface area contributed by atoms with Crippen molar-refractivity contribution in [2.45, 2.75) is 31.9 Å². The van der Waals surface area contributed by atoms with Gasteiger partial charge in [0.25, 0.3) is 0 Å². The number of aryl methyl sites for hydroxylation is 2. The van der Waals surface area contributed by atoms with Crippen LogP contribution in [0, 0.1) is 25.5 Å². The van der Waals surface area contributed by atoms with E-state index in [1.54, 1.807) is 13.0 Å². The molecular weight excluding hydrogens is 578 g/mol. The van der Waals surface area contributed by atoms with Crippen molar-refractivity contribution < 1.29 is 27.3 Å². The molecule has 1 unspecified atom stereocenters. The standard InChI is InChI=1S/C30H28F2N6O4S/c1-16-10-18-12-25(36-24(18)13-23(16)37-43(40)19-6-8-41-9-7-19)28(39)20-14-35-38(30(20)33)26-15-34-27(11-17(26)2)42-29-21(31)4-3-5-22(29)32/h3-5,10-15,19,36-37H,6-9,33H2,1-2H3. The number of nitrogens with one attached hydrogen (secondary N) is 2. The average molecular weight is 607 g/mol. The Labute approximate surface area is 247 Å². The molecule has 6 rings (SSSR count). The van der Waals surface area contributed by atoms with Gasteiger partial charge in [0, 0.05) is 30.2 Å². The number of benzene rings is 2. The number of aromatic nitrogens is 4. The number of carbonyl (C=O) groups excluding carboxylic acids is 1. The molecule has 1 fully saturated rings. The number of rotatable bonds is 8. The molecule has 4 N–H and O–H groups in total. The van der Waals surface area contributed by atoms with Gasteiger partial charge >= 0.3 is 0 Å². The quantitative estimate of drug-likeness (QED) is 0.198. The molecule has 0 bridgehead atoms. The molecule has 13 heteroatoms. The Bertz CT molecular complexity index is 1860. The van der Waals surface area contributed by atoms with E-state index >= 15 is 0 Å². The largest absolute Gasteiger partial charge is 0.433 e. The third kappa shape index (κ3) is 5.60. The maximum atomic E-state index is 14.0. The molecular formula is C30H28F2N6O4S. The molecule has 0 amide bonds. The molecule has 0 spiro atoms. The van der Waals surface area contributed by atoms with Crippen LogP contribution in [0.3, 0.4) is 0 Å². The fraction of sp³-hybridized carbons (Fsp3) is 0.233. The van der Waals surface area contributed by atoms with E-state index in [2.05, 4.69) is 19.8 Å². The van der Waals surface area contributed by atoms with Gasteiger partial charge in [-0.2, -0.15) is 5.10 Å². The fourth-order valence-electron chi connectivity index (χ4n) is 4.96. The van der Waals surface area contributed by atoms with E-state index in [-0.39, 0.29) is 28.3 Å². The van der Waals surface area contributed by atoms with Gasteiger partial charge in [-0.1, -0.05) is 6.07 Å². The number of H-pyrrole nitrogens is 1. The number of fused-ring (bicyclic) bond motifs is 1. The Morgan fingerprint density at radius 3 is 2.58 bits per heavy atom. The third-order valence-corrected chi connectivity index (χ3v) is 8.85. The van der Waals surface area contributed by atoms with Gasteiger partial charge in [-0.15, -0.1) is 0 Å². The van der Waals surface area contributed by atoms with Crippen LogP contribution < -0.4 is 15.2 Å². The van der Waals surface area contributed by atoms with Crippen LogP contribution in [0.1, 0.15) is 40.0 Å². The zero-order valence-electron chi connectivity index (χ0n) is 23.3. The second-order valence-electron chi connectivity index (χ2n) is 10.3. The summed E-state index contributed by atoms with van der Waals surface area (Å²) in [6.07, 6.45) is 4.24. The van der Waals surface area contributed by atoms with E-state index in [0.29, 0.717) is 35.7 Å². The van der Waals surface area contributed by atoms with Crippen LogP contribution in [0.2, 0.25) is 0 Å². The summed E-state index contributed by atoms with van der Waals surface area (Å²) in [7, 11) is -1.26. The third-order valence-electron chi connectivity index (χ3n) is 7.35. The number of aromatic amines is 1. The number of nitrogens with zero attached hydrogens (tertiary/aromatic N) is 3. The number of nitrogens with two attached hydrogens (primary N) is 1. The van der Waals surface area contributed by atoms with Crippen LogP contribution in [0.5, 0.6) is 11.6 Å². The van der Waals surface area contributed by atoms with Crippen molar-refractivity contribution in [2.24, 2.45) is 0 Å². The number of hydrogen-bond donors (Lipinski definition) is 3. The maximum absolute atomic E-state index is 14.0. The lowest BCUT2D eigenvalue weighted by atomic mass is 10.1. The van der Waals surface area contributed by atoms with Crippen LogP contribution in [-0.4, -0.2) is 48.2 Å². The molecule has 1 atom stereocenters. The van der Waals surface area contributed by atoms with Crippen molar-refractivity contribution in [3.8, 4) is 17.3 Å². The number of carbonyl (C=O) groups is 1. The predicted octanol–water partition coefficient (Wildman–Crippen LogP) is 5.50. The van der Waals surface area contributed by atoms with E-state index in [9.17, 15) is 17.8 Å². The second kappa shape index (κ2) is 11.6. The van der Waals surface area contributed by atoms with Gasteiger partial charge in [0.1, 0.15) is 16.8 Å². The molecule has 2 aromatic carbocycles. The van der Waals surface area contributed by atoms with Crippen molar-refractivity contribution in [3.05, 3.63) is 88.9 Å². The summed E-state index contributed by atoms with van der Waals surface area (Å²) < 4.78 is 56.1. The zero-order valence-corrected chi connectivity index (χ0v) is 24.1. The highest BCUT2D eigenvalue weighted by molar-refractivity contribution is 7.87. The minimum Gasteiger partial charge on any atom is -0.433 e. The zero-order chi connectivity index (χ0) is 30.2. The number of para-hydroxylation sites is 1. The molecule has 0 radical (unpaired) electrons. The highest BCUT2D eigenvalue weighted by Crippen LogP contribution is 2.30. The van der Waals surface area contributed by atoms with Crippen molar-refractivity contribution in [2.75, 3.05) is 23.7 Å². The number of halogens is 2. The molecule has 43 heavy (non-hydrogen) atoms. The minimum absolute atomic E-state index is 0.0153. The van der Waals surface area contributed by atoms with Crippen LogP contribution in [0.4, 0.5) is 20.3 Å². The van der Waals surface area contributed by atoms with E-state index in [1.807, 2.05) is 19.1 Å². The van der Waals surface area contributed by atoms with Crippen molar-refractivity contribution in [3.63, 3.8) is 0 Å². The van der Waals surface area contributed by atoms with Gasteiger partial charge in [0.15, 0.2) is 11.6 Å². The lowest BCUT2D eigenvalue weighted by Crippen LogP contribution is -2.28. The molecule has 0 aliphatic carbocycles. The van der Waals surface area contributed by atoms with Crippen LogP contribution in [0.25, 0.3) is 16.6 Å². The number of hydrogen-bond acceptors (Lipinski definition) is 7. The summed E-state index contributed by atoms with van der Waals surface area (Å²) in [4.78, 5) is 20.8. The summed E-state index contributed by atoms with van der Waals surface area (Å²) >= 11 is 0. The van der Waals surface area contributed by atoms with Crippen molar-refractivity contribution in [1.82, 2.24) is 19.7 Å². The summed E-state index contributed by atoms with van der Waals surface area (Å²) in [5, 5.41) is 5.13. The van der Waals surface area contributed by atoms with Crippen molar-refractivity contribution >= 4 is 39.2 Å². The Morgan fingerprint density at radius 2 is 1.86 bits per heavy atom. The lowest BCUT2D eigenvalue weighted by Gasteiger charge is -2.22. The Balaban J connectivity index is 1.23. The van der Waals surface area contributed by atoms with Gasteiger partial charge < -0.3 is 24.9 Å². The minimum atomic E-state index is -1.26. The number of anilines is 2. The normalized spacial score (nSPS) is 14.6. The van der Waals surface area contributed by atoms with Gasteiger partial charge in [-0.3, -0.25) is 4.79 Å². The summed E-state index contributed by atoms with van der Waals surface area (Å²) in [6.45, 7) is 4.85. The topological polar surface area (TPSA) is 137 Å². The van der Waals surface area contributed by atoms with E-state index in [4.69, 9.17) is 15.2 Å². The summed E-state index contributed by atoms with van der Waals surface area (Å²) in [5.74, 6) is -2.56. The SMILES string of the molecule is Cc1cc2cc(C(=O)c3cnn(-c4cnc(Oc5c(F)cccc5F)cc4C)c3N)[nH]c2cc1NS(=O)C1CCOCC1. The predicted molar refractivity (Wildman–Crippen MR) is 159 cm³/mol. The number of ether oxygens (including phenoxy) is 2. The fourth-order valence-corrected chi connectivity index (χ4v) is 6.19. The Morgan fingerprint density at radius 1 is 1.12 bits per heavy atom. The molecule has 4 heterocycles. The number of ketones is 1. The van der Waals surface area contributed by atoms with Crippen LogP contribution in [0.15, 0.2) is 54.9 Å². The Kier molecular flexibility index (Phi) is 7.67. The first kappa shape index (κ1) is 28.5. The Hall–Kier alpha value is -4.62. The first-order valence-corrected chi connectivity index (χ1v) is 14.8. The average Bonchev–Trinajstić information content (AvgIpc) is 3.58. The molecule has 1 aliphatic rings. The molecule has 1 aliphatic heterocycles. The molecule has 1 saturated heterocycles. The van der Waals surface area contributed by atoms with Gasteiger partial charge in [-0.25, -0.2) is 22.7 Å². The smallest absolute Gasteiger partial charge is 0.219 e. The van der Waals surface area contributed by atoms with E-state index in [0.717, 1.165) is 41.6 Å². The monoisotopic (exact) mass is 606 g/mol. The highest BCUT2D eigenvalue weighted by Gasteiger charge is 2.23. The van der Waals surface area contributed by atoms with Gasteiger partial charge in [0.2, 0.25) is 17.4 Å². The van der Waals surface area contributed by atoms with Crippen LogP contribution >= 0.6 is 0 Å². The summed E-state index contributed by atoms with van der Waals surface area (Å²) in [5.41, 5.74) is 10.2. The lowest BCUT2D eigenvalue weighted by molar-refractivity contribution is 0.0993. The van der Waals surface area contributed by atoms with Gasteiger partial charge in [0.05, 0.1) is 40.3 Å².